The van der Waals surface area contributed by atoms with E-state index in [0.717, 1.165) is 40.8 Å². The average molecular weight is 434 g/mol. The molecule has 1 aromatic carbocycles. The lowest BCUT2D eigenvalue weighted by Gasteiger charge is -2.52. The van der Waals surface area contributed by atoms with Gasteiger partial charge in [-0.05, 0) is 32.3 Å². The molecular weight excluding hydrogens is 406 g/mol. The molecule has 1 N–H and O–H groups in total. The molecule has 0 spiro atoms. The van der Waals surface area contributed by atoms with Crippen molar-refractivity contribution in [1.82, 2.24) is 15.0 Å². The van der Waals surface area contributed by atoms with Crippen LogP contribution in [0.5, 0.6) is 0 Å². The Kier molecular flexibility index (Phi) is 4.48. The van der Waals surface area contributed by atoms with Gasteiger partial charge in [0, 0.05) is 48.5 Å². The third-order valence-corrected chi connectivity index (χ3v) is 7.10. The normalized spacial score (nSPS) is 24.0. The minimum Gasteiger partial charge on any atom is -0.381 e. The Labute approximate surface area is 186 Å². The first-order chi connectivity index (χ1) is 15.6. The fourth-order valence-corrected chi connectivity index (χ4v) is 5.30. The zero-order valence-corrected chi connectivity index (χ0v) is 18.4. The van der Waals surface area contributed by atoms with Crippen LogP contribution < -0.4 is 9.80 Å². The number of anilines is 2. The van der Waals surface area contributed by atoms with Crippen molar-refractivity contribution < 1.29 is 14.3 Å². The van der Waals surface area contributed by atoms with Gasteiger partial charge in [-0.25, -0.2) is 9.97 Å². The minimum absolute atomic E-state index is 0.0654. The molecule has 3 aliphatic rings. The van der Waals surface area contributed by atoms with Gasteiger partial charge in [-0.15, -0.1) is 0 Å². The minimum atomic E-state index is -0.772. The van der Waals surface area contributed by atoms with Gasteiger partial charge >= 0.3 is 0 Å². The maximum Gasteiger partial charge on any atom is 0.255 e. The SMILES string of the molecule is Cc1cccc2c(-c3ncc4c(n3)N3CCOC[C@@]3(C)C(=O)N4C3CCOCC3)c[nH]c12. The van der Waals surface area contributed by atoms with Gasteiger partial charge in [0.2, 0.25) is 0 Å². The largest absolute Gasteiger partial charge is 0.381 e. The van der Waals surface area contributed by atoms with E-state index in [2.05, 4.69) is 35.0 Å². The maximum absolute atomic E-state index is 13.8. The maximum atomic E-state index is 13.8. The van der Waals surface area contributed by atoms with E-state index < -0.39 is 5.54 Å². The Morgan fingerprint density at radius 2 is 2.03 bits per heavy atom. The molecule has 3 aromatic rings. The van der Waals surface area contributed by atoms with Gasteiger partial charge in [0.25, 0.3) is 5.91 Å². The van der Waals surface area contributed by atoms with Crippen LogP contribution in [-0.4, -0.2) is 65.4 Å². The van der Waals surface area contributed by atoms with Crippen LogP contribution >= 0.6 is 0 Å². The van der Waals surface area contributed by atoms with Gasteiger partial charge in [0.15, 0.2) is 11.6 Å². The summed E-state index contributed by atoms with van der Waals surface area (Å²) in [5.41, 5.74) is 3.27. The monoisotopic (exact) mass is 433 g/mol. The lowest BCUT2D eigenvalue weighted by Crippen LogP contribution is -2.69. The Morgan fingerprint density at radius 1 is 1.19 bits per heavy atom. The molecular formula is C24H27N5O3. The summed E-state index contributed by atoms with van der Waals surface area (Å²) in [4.78, 5) is 31.0. The molecule has 6 rings (SSSR count). The molecule has 166 valence electrons. The number of morpholine rings is 1. The first-order valence-corrected chi connectivity index (χ1v) is 11.3. The highest BCUT2D eigenvalue weighted by Gasteiger charge is 2.52. The third kappa shape index (κ3) is 2.79. The summed E-state index contributed by atoms with van der Waals surface area (Å²) in [5, 5.41) is 1.10. The molecule has 2 aromatic heterocycles. The van der Waals surface area contributed by atoms with E-state index in [9.17, 15) is 4.79 Å². The Morgan fingerprint density at radius 3 is 2.88 bits per heavy atom. The molecule has 8 heteroatoms. The third-order valence-electron chi connectivity index (χ3n) is 7.10. The summed E-state index contributed by atoms with van der Waals surface area (Å²) < 4.78 is 11.3. The molecule has 0 aliphatic carbocycles. The molecule has 2 fully saturated rings. The van der Waals surface area contributed by atoms with Crippen LogP contribution in [-0.2, 0) is 14.3 Å². The number of carbonyl (C=O) groups is 1. The van der Waals surface area contributed by atoms with E-state index in [0.29, 0.717) is 38.8 Å². The van der Waals surface area contributed by atoms with Gasteiger partial charge in [0.1, 0.15) is 11.2 Å². The number of nitrogens with one attached hydrogen (secondary N) is 1. The van der Waals surface area contributed by atoms with E-state index in [1.54, 1.807) is 0 Å². The zero-order valence-electron chi connectivity index (χ0n) is 18.4. The predicted molar refractivity (Wildman–Crippen MR) is 122 cm³/mol. The van der Waals surface area contributed by atoms with Gasteiger partial charge in [-0.2, -0.15) is 0 Å². The van der Waals surface area contributed by atoms with Crippen molar-refractivity contribution in [2.24, 2.45) is 0 Å². The number of H-pyrrole nitrogens is 1. The topological polar surface area (TPSA) is 83.6 Å². The van der Waals surface area contributed by atoms with Crippen LogP contribution in [0.15, 0.2) is 30.6 Å². The standard InChI is InChI=1S/C24H27N5O3/c1-15-4-3-5-17-18(12-25-20(15)17)21-26-13-19-22(27-21)28-8-11-32-14-24(28,2)23(30)29(19)16-6-9-31-10-7-16/h3-5,12-13,16,25H,6-11,14H2,1-2H3/t24-/m0/s1. The van der Waals surface area contributed by atoms with Crippen molar-refractivity contribution in [1.29, 1.82) is 0 Å². The van der Waals surface area contributed by atoms with Crippen LogP contribution in [0, 0.1) is 6.92 Å². The lowest BCUT2D eigenvalue weighted by atomic mass is 9.91. The molecule has 0 radical (unpaired) electrons. The Balaban J connectivity index is 1.51. The second kappa shape index (κ2) is 7.28. The summed E-state index contributed by atoms with van der Waals surface area (Å²) >= 11 is 0. The van der Waals surface area contributed by atoms with Crippen LogP contribution in [0.4, 0.5) is 11.5 Å². The molecule has 3 aliphatic heterocycles. The summed E-state index contributed by atoms with van der Waals surface area (Å²) in [7, 11) is 0. The molecule has 2 saturated heterocycles. The number of fused-ring (bicyclic) bond motifs is 4. The number of nitrogens with zero attached hydrogens (tertiary/aromatic N) is 4. The second-order valence-corrected chi connectivity index (χ2v) is 9.10. The number of para-hydroxylation sites is 1. The zero-order chi connectivity index (χ0) is 21.9. The molecule has 1 amide bonds. The number of aryl methyl sites for hydroxylation is 1. The Bertz CT molecular complexity index is 1200. The van der Waals surface area contributed by atoms with Gasteiger partial charge in [-0.3, -0.25) is 4.79 Å². The van der Waals surface area contributed by atoms with E-state index >= 15 is 0 Å². The summed E-state index contributed by atoms with van der Waals surface area (Å²) in [6.07, 6.45) is 5.42. The van der Waals surface area contributed by atoms with Crippen LogP contribution in [0.2, 0.25) is 0 Å². The van der Waals surface area contributed by atoms with Crippen molar-refractivity contribution in [3.63, 3.8) is 0 Å². The second-order valence-electron chi connectivity index (χ2n) is 9.10. The van der Waals surface area contributed by atoms with E-state index in [4.69, 9.17) is 19.4 Å². The van der Waals surface area contributed by atoms with E-state index in [-0.39, 0.29) is 11.9 Å². The summed E-state index contributed by atoms with van der Waals surface area (Å²) in [6.45, 7) is 6.94. The first kappa shape index (κ1) is 19.7. The number of benzene rings is 1. The lowest BCUT2D eigenvalue weighted by molar-refractivity contribution is -0.128. The van der Waals surface area contributed by atoms with Crippen molar-refractivity contribution in [2.75, 3.05) is 42.8 Å². The van der Waals surface area contributed by atoms with Crippen LogP contribution in [0.3, 0.4) is 0 Å². The summed E-state index contributed by atoms with van der Waals surface area (Å²) in [5.74, 6) is 1.54. The Hall–Kier alpha value is -2.97. The molecule has 1 atom stereocenters. The summed E-state index contributed by atoms with van der Waals surface area (Å²) in [6, 6.07) is 6.32. The molecule has 0 bridgehead atoms. The van der Waals surface area contributed by atoms with Gasteiger partial charge in [-0.1, -0.05) is 18.2 Å². The number of carbonyl (C=O) groups excluding carboxylic acids is 1. The highest BCUT2D eigenvalue weighted by Crippen LogP contribution is 2.43. The number of rotatable bonds is 2. The number of ether oxygens (including phenoxy) is 2. The van der Waals surface area contributed by atoms with E-state index in [1.807, 2.05) is 24.2 Å². The number of aromatic nitrogens is 3. The van der Waals surface area contributed by atoms with Crippen molar-refractivity contribution in [2.45, 2.75) is 38.3 Å². The number of hydrogen-bond acceptors (Lipinski definition) is 6. The number of aromatic amines is 1. The van der Waals surface area contributed by atoms with Crippen LogP contribution in [0.25, 0.3) is 22.3 Å². The average Bonchev–Trinajstić information content (AvgIpc) is 3.26. The van der Waals surface area contributed by atoms with Crippen LogP contribution in [0.1, 0.15) is 25.3 Å². The van der Waals surface area contributed by atoms with E-state index in [1.165, 1.54) is 5.56 Å². The highest BCUT2D eigenvalue weighted by atomic mass is 16.5. The molecule has 5 heterocycles. The first-order valence-electron chi connectivity index (χ1n) is 11.3. The fraction of sp³-hybridized carbons (Fsp3) is 0.458. The highest BCUT2D eigenvalue weighted by molar-refractivity contribution is 6.08. The van der Waals surface area contributed by atoms with Gasteiger partial charge in [0.05, 0.1) is 19.4 Å². The predicted octanol–water partition coefficient (Wildman–Crippen LogP) is 3.05. The smallest absolute Gasteiger partial charge is 0.255 e. The molecule has 32 heavy (non-hydrogen) atoms. The number of amides is 1. The fourth-order valence-electron chi connectivity index (χ4n) is 5.30. The van der Waals surface area contributed by atoms with Gasteiger partial charge < -0.3 is 24.3 Å². The molecule has 0 unspecified atom stereocenters. The quantitative estimate of drug-likeness (QED) is 0.669. The molecule has 0 saturated carbocycles. The van der Waals surface area contributed by atoms with Crippen molar-refractivity contribution in [3.05, 3.63) is 36.2 Å². The van der Waals surface area contributed by atoms with Crippen molar-refractivity contribution in [3.8, 4) is 11.4 Å². The number of hydrogen-bond donors (Lipinski definition) is 1. The molecule has 8 nitrogen and oxygen atoms in total. The van der Waals surface area contributed by atoms with Crippen molar-refractivity contribution >= 4 is 28.3 Å².